The fourth-order valence-electron chi connectivity index (χ4n) is 1.44. The molecule has 1 aromatic heterocycles. The lowest BCUT2D eigenvalue weighted by molar-refractivity contribution is 0.0951. The van der Waals surface area contributed by atoms with Gasteiger partial charge in [-0.1, -0.05) is 0 Å². The molecule has 0 atom stereocenters. The number of nitrogens with one attached hydrogen (secondary N) is 2. The van der Waals surface area contributed by atoms with Gasteiger partial charge in [-0.15, -0.1) is 0 Å². The van der Waals surface area contributed by atoms with E-state index in [1.807, 2.05) is 0 Å². The molecule has 6 N–H and O–H groups in total. The van der Waals surface area contributed by atoms with E-state index in [9.17, 15) is 4.79 Å². The van der Waals surface area contributed by atoms with Crippen LogP contribution in [0.15, 0.2) is 30.7 Å². The van der Waals surface area contributed by atoms with E-state index in [1.165, 1.54) is 0 Å². The molecule has 1 heterocycles. The highest BCUT2D eigenvalue weighted by Gasteiger charge is 2.09. The second-order valence-electron chi connectivity index (χ2n) is 3.61. The van der Waals surface area contributed by atoms with Crippen LogP contribution in [-0.2, 0) is 6.54 Å². The van der Waals surface area contributed by atoms with Gasteiger partial charge in [0.25, 0.3) is 5.91 Å². The van der Waals surface area contributed by atoms with Gasteiger partial charge in [-0.05, 0) is 18.2 Å². The first-order valence-electron chi connectivity index (χ1n) is 5.07. The number of benzene rings is 1. The number of imidazole rings is 1. The van der Waals surface area contributed by atoms with Crippen LogP contribution in [0.1, 0.15) is 16.1 Å². The molecule has 0 bridgehead atoms. The Balaban J connectivity index is 2.04. The molecule has 0 fully saturated rings. The smallest absolute Gasteiger partial charge is 0.253 e. The predicted molar refractivity (Wildman–Crippen MR) is 65.0 cm³/mol. The number of rotatable bonds is 3. The Kier molecular flexibility index (Phi) is 2.95. The Bertz CT molecular complexity index is 521. The molecule has 0 saturated heterocycles. The van der Waals surface area contributed by atoms with Crippen LogP contribution in [-0.4, -0.2) is 15.9 Å². The van der Waals surface area contributed by atoms with E-state index >= 15 is 0 Å². The lowest BCUT2D eigenvalue weighted by Gasteiger charge is -2.07. The Labute approximate surface area is 98.0 Å². The number of H-pyrrole nitrogens is 1. The van der Waals surface area contributed by atoms with Crippen LogP contribution >= 0.6 is 0 Å². The zero-order chi connectivity index (χ0) is 12.3. The third-order valence-electron chi connectivity index (χ3n) is 2.31. The summed E-state index contributed by atoms with van der Waals surface area (Å²) in [5, 5.41) is 2.73. The number of hydrogen-bond donors (Lipinski definition) is 4. The zero-order valence-electron chi connectivity index (χ0n) is 9.10. The average Bonchev–Trinajstić information content (AvgIpc) is 2.78. The number of hydrogen-bond acceptors (Lipinski definition) is 4. The van der Waals surface area contributed by atoms with Crippen molar-refractivity contribution in [1.29, 1.82) is 0 Å². The predicted octanol–water partition coefficient (Wildman–Crippen LogP) is 0.504. The van der Waals surface area contributed by atoms with Crippen molar-refractivity contribution in [2.24, 2.45) is 0 Å². The number of aromatic nitrogens is 2. The fourth-order valence-corrected chi connectivity index (χ4v) is 1.44. The van der Waals surface area contributed by atoms with Crippen LogP contribution in [0.3, 0.4) is 0 Å². The molecule has 0 saturated carbocycles. The van der Waals surface area contributed by atoms with E-state index in [-0.39, 0.29) is 5.91 Å². The molecule has 1 amide bonds. The van der Waals surface area contributed by atoms with Gasteiger partial charge in [0.05, 0.1) is 24.1 Å². The summed E-state index contributed by atoms with van der Waals surface area (Å²) in [5.74, 6) is -0.239. The number of carbonyl (C=O) groups is 1. The molecule has 0 aliphatic carbocycles. The maximum atomic E-state index is 11.8. The normalized spacial score (nSPS) is 10.1. The van der Waals surface area contributed by atoms with Gasteiger partial charge in [-0.2, -0.15) is 0 Å². The van der Waals surface area contributed by atoms with Gasteiger partial charge in [-0.25, -0.2) is 4.98 Å². The van der Waals surface area contributed by atoms with Crippen molar-refractivity contribution in [1.82, 2.24) is 15.3 Å². The van der Waals surface area contributed by atoms with Crippen molar-refractivity contribution >= 4 is 17.3 Å². The van der Waals surface area contributed by atoms with E-state index < -0.39 is 0 Å². The van der Waals surface area contributed by atoms with Gasteiger partial charge < -0.3 is 21.8 Å². The van der Waals surface area contributed by atoms with Crippen molar-refractivity contribution in [3.63, 3.8) is 0 Å². The first-order valence-corrected chi connectivity index (χ1v) is 5.07. The van der Waals surface area contributed by atoms with Gasteiger partial charge in [0.1, 0.15) is 0 Å². The minimum atomic E-state index is -0.239. The van der Waals surface area contributed by atoms with Gasteiger partial charge in [0.2, 0.25) is 0 Å². The van der Waals surface area contributed by atoms with E-state index in [2.05, 4.69) is 15.3 Å². The summed E-state index contributed by atoms with van der Waals surface area (Å²) in [6, 6.07) is 4.81. The molecule has 0 radical (unpaired) electrons. The summed E-state index contributed by atoms with van der Waals surface area (Å²) in [6.45, 7) is 0.378. The molecular weight excluding hydrogens is 218 g/mol. The van der Waals surface area contributed by atoms with Gasteiger partial charge >= 0.3 is 0 Å². The SMILES string of the molecule is Nc1ccc(C(=O)NCc2cnc[nH]2)c(N)c1. The van der Waals surface area contributed by atoms with Crippen molar-refractivity contribution in [3.05, 3.63) is 42.0 Å². The third-order valence-corrected chi connectivity index (χ3v) is 2.31. The second-order valence-corrected chi connectivity index (χ2v) is 3.61. The molecule has 2 rings (SSSR count). The molecule has 6 heteroatoms. The first kappa shape index (κ1) is 11.0. The molecule has 0 aliphatic heterocycles. The van der Waals surface area contributed by atoms with E-state index in [1.54, 1.807) is 30.7 Å². The number of amides is 1. The molecule has 6 nitrogen and oxygen atoms in total. The topological polar surface area (TPSA) is 110 Å². The fraction of sp³-hybridized carbons (Fsp3) is 0.0909. The number of nitrogens with two attached hydrogens (primary N) is 2. The Morgan fingerprint density at radius 1 is 1.41 bits per heavy atom. The minimum absolute atomic E-state index is 0.239. The summed E-state index contributed by atoms with van der Waals surface area (Å²) >= 11 is 0. The number of carbonyl (C=O) groups excluding carboxylic acids is 1. The molecule has 0 unspecified atom stereocenters. The van der Waals surface area contributed by atoms with Crippen molar-refractivity contribution in [2.45, 2.75) is 6.54 Å². The van der Waals surface area contributed by atoms with Crippen molar-refractivity contribution in [2.75, 3.05) is 11.5 Å². The highest BCUT2D eigenvalue weighted by atomic mass is 16.1. The van der Waals surface area contributed by atoms with Gasteiger partial charge in [0.15, 0.2) is 0 Å². The number of anilines is 2. The molecule has 0 aliphatic rings. The zero-order valence-corrected chi connectivity index (χ0v) is 9.10. The van der Waals surface area contributed by atoms with Gasteiger partial charge in [0, 0.05) is 17.6 Å². The largest absolute Gasteiger partial charge is 0.399 e. The molecule has 17 heavy (non-hydrogen) atoms. The highest BCUT2D eigenvalue weighted by Crippen LogP contribution is 2.15. The van der Waals surface area contributed by atoms with Crippen LogP contribution < -0.4 is 16.8 Å². The summed E-state index contributed by atoms with van der Waals surface area (Å²) in [6.07, 6.45) is 3.20. The van der Waals surface area contributed by atoms with E-state index in [0.717, 1.165) is 5.69 Å². The molecule has 2 aromatic rings. The lowest BCUT2D eigenvalue weighted by atomic mass is 10.1. The summed E-state index contributed by atoms with van der Waals surface area (Å²) in [7, 11) is 0. The standard InChI is InChI=1S/C11H13N5O/c12-7-1-2-9(10(13)3-7)11(17)15-5-8-4-14-6-16-8/h1-4,6H,5,12-13H2,(H,14,16)(H,15,17). The monoisotopic (exact) mass is 231 g/mol. The van der Waals surface area contributed by atoms with E-state index in [4.69, 9.17) is 11.5 Å². The molecule has 88 valence electrons. The van der Waals surface area contributed by atoms with Crippen LogP contribution in [0, 0.1) is 0 Å². The van der Waals surface area contributed by atoms with Crippen LogP contribution in [0.2, 0.25) is 0 Å². The molecular formula is C11H13N5O. The summed E-state index contributed by atoms with van der Waals surface area (Å²) in [4.78, 5) is 18.6. The van der Waals surface area contributed by atoms with Crippen LogP contribution in [0.25, 0.3) is 0 Å². The Morgan fingerprint density at radius 3 is 2.88 bits per heavy atom. The van der Waals surface area contributed by atoms with Gasteiger partial charge in [-0.3, -0.25) is 4.79 Å². The quantitative estimate of drug-likeness (QED) is 0.576. The Hall–Kier alpha value is -2.50. The molecule has 1 aromatic carbocycles. The Morgan fingerprint density at radius 2 is 2.24 bits per heavy atom. The van der Waals surface area contributed by atoms with Crippen LogP contribution in [0.5, 0.6) is 0 Å². The summed E-state index contributed by atoms with van der Waals surface area (Å²) in [5.41, 5.74) is 13.4. The number of nitrogen functional groups attached to an aromatic ring is 2. The minimum Gasteiger partial charge on any atom is -0.399 e. The van der Waals surface area contributed by atoms with Crippen molar-refractivity contribution < 1.29 is 4.79 Å². The highest BCUT2D eigenvalue weighted by molar-refractivity contribution is 5.99. The average molecular weight is 231 g/mol. The first-order chi connectivity index (χ1) is 8.16. The number of nitrogens with zero attached hydrogens (tertiary/aromatic N) is 1. The maximum absolute atomic E-state index is 11.8. The third kappa shape index (κ3) is 2.54. The van der Waals surface area contributed by atoms with E-state index in [0.29, 0.717) is 23.5 Å². The maximum Gasteiger partial charge on any atom is 0.253 e. The van der Waals surface area contributed by atoms with Crippen molar-refractivity contribution in [3.8, 4) is 0 Å². The summed E-state index contributed by atoms with van der Waals surface area (Å²) < 4.78 is 0. The lowest BCUT2D eigenvalue weighted by Crippen LogP contribution is -2.24. The molecule has 0 spiro atoms. The number of aromatic amines is 1. The second kappa shape index (κ2) is 4.56. The van der Waals surface area contributed by atoms with Crippen LogP contribution in [0.4, 0.5) is 11.4 Å².